The zero-order valence-corrected chi connectivity index (χ0v) is 19.0. The van der Waals surface area contributed by atoms with Crippen molar-refractivity contribution in [1.82, 2.24) is 9.55 Å². The molecule has 0 saturated carbocycles. The molecule has 0 amide bonds. The first-order chi connectivity index (χ1) is 15.5. The van der Waals surface area contributed by atoms with Gasteiger partial charge in [0.1, 0.15) is 10.7 Å². The third kappa shape index (κ3) is 3.81. The van der Waals surface area contributed by atoms with Crippen LogP contribution in [0.4, 0.5) is 10.1 Å². The molecular formula is C20H13ClFN3O6S2. The lowest BCUT2D eigenvalue weighted by molar-refractivity contribution is 0.0704. The molecule has 0 unspecified atom stereocenters. The van der Waals surface area contributed by atoms with E-state index in [9.17, 15) is 32.3 Å². The van der Waals surface area contributed by atoms with E-state index in [0.29, 0.717) is 4.57 Å². The molecule has 0 bridgehead atoms. The molecule has 0 aliphatic carbocycles. The van der Waals surface area contributed by atoms with Gasteiger partial charge in [-0.25, -0.2) is 27.0 Å². The number of nitrogens with zero attached hydrogens (tertiary/aromatic N) is 2. The molecule has 2 N–H and O–H groups in total. The molecule has 4 rings (SSSR count). The average Bonchev–Trinajstić information content (AvgIpc) is 3.18. The van der Waals surface area contributed by atoms with Gasteiger partial charge in [-0.15, -0.1) is 11.3 Å². The Labute approximate surface area is 194 Å². The number of benzene rings is 2. The molecule has 33 heavy (non-hydrogen) atoms. The standard InChI is InChI=1S/C20H13ClFN3O6S2/c1-24(11-4-2-3-10(22)7-11)33(30,31)12-5-6-13(21)15(8-12)25-18(26)16-14(23-20(25)29)9-32-17(16)19(27)28/h2-9H,1H3,(H,23,29)(H,27,28). The Morgan fingerprint density at radius 2 is 1.94 bits per heavy atom. The van der Waals surface area contributed by atoms with Gasteiger partial charge >= 0.3 is 11.7 Å². The maximum Gasteiger partial charge on any atom is 0.346 e. The number of aromatic nitrogens is 2. The number of sulfonamides is 1. The van der Waals surface area contributed by atoms with Crippen molar-refractivity contribution in [2.24, 2.45) is 0 Å². The number of anilines is 1. The third-order valence-corrected chi connectivity index (χ3v) is 7.90. The van der Waals surface area contributed by atoms with Crippen LogP contribution in [0.2, 0.25) is 5.02 Å². The van der Waals surface area contributed by atoms with Crippen molar-refractivity contribution in [3.05, 3.63) is 84.4 Å². The highest BCUT2D eigenvalue weighted by Gasteiger charge is 2.25. The van der Waals surface area contributed by atoms with Crippen LogP contribution in [0.5, 0.6) is 0 Å². The van der Waals surface area contributed by atoms with Crippen LogP contribution < -0.4 is 15.6 Å². The summed E-state index contributed by atoms with van der Waals surface area (Å²) in [5.41, 5.74) is -2.08. The van der Waals surface area contributed by atoms with Crippen molar-refractivity contribution < 1.29 is 22.7 Å². The lowest BCUT2D eigenvalue weighted by Gasteiger charge is -2.20. The van der Waals surface area contributed by atoms with Crippen LogP contribution in [0.1, 0.15) is 9.67 Å². The molecule has 0 spiro atoms. The Balaban J connectivity index is 1.93. The first-order valence-corrected chi connectivity index (χ1v) is 11.8. The minimum atomic E-state index is -4.25. The second-order valence-electron chi connectivity index (χ2n) is 6.79. The number of hydrogen-bond donors (Lipinski definition) is 2. The number of aromatic amines is 1. The predicted octanol–water partition coefficient (Wildman–Crippen LogP) is 3.06. The molecule has 0 saturated heterocycles. The first kappa shape index (κ1) is 22.7. The summed E-state index contributed by atoms with van der Waals surface area (Å²) in [6, 6.07) is 8.30. The zero-order chi connectivity index (χ0) is 24.1. The van der Waals surface area contributed by atoms with Crippen LogP contribution in [-0.4, -0.2) is 36.1 Å². The highest BCUT2D eigenvalue weighted by atomic mass is 35.5. The molecule has 2 aromatic carbocycles. The second-order valence-corrected chi connectivity index (χ2v) is 10.1. The molecule has 9 nitrogen and oxygen atoms in total. The Hall–Kier alpha value is -3.48. The Morgan fingerprint density at radius 3 is 2.61 bits per heavy atom. The van der Waals surface area contributed by atoms with Crippen LogP contribution >= 0.6 is 22.9 Å². The lowest BCUT2D eigenvalue weighted by Crippen LogP contribution is -2.34. The molecule has 0 fully saturated rings. The normalized spacial score (nSPS) is 11.6. The summed E-state index contributed by atoms with van der Waals surface area (Å²) < 4.78 is 41.3. The topological polar surface area (TPSA) is 130 Å². The summed E-state index contributed by atoms with van der Waals surface area (Å²) in [5.74, 6) is -1.99. The summed E-state index contributed by atoms with van der Waals surface area (Å²) in [6.45, 7) is 0. The number of carboxylic acid groups (broad SMARTS) is 1. The molecule has 2 aromatic heterocycles. The van der Waals surface area contributed by atoms with Gasteiger partial charge < -0.3 is 10.1 Å². The Morgan fingerprint density at radius 1 is 1.21 bits per heavy atom. The number of aromatic carboxylic acids is 1. The Bertz CT molecular complexity index is 1660. The fraction of sp³-hybridized carbons (Fsp3) is 0.0500. The van der Waals surface area contributed by atoms with Gasteiger partial charge in [-0.05, 0) is 36.4 Å². The van der Waals surface area contributed by atoms with Gasteiger partial charge in [-0.2, -0.15) is 0 Å². The highest BCUT2D eigenvalue weighted by molar-refractivity contribution is 7.92. The van der Waals surface area contributed by atoms with Crippen LogP contribution in [0.15, 0.2) is 62.3 Å². The van der Waals surface area contributed by atoms with Gasteiger partial charge in [-0.1, -0.05) is 17.7 Å². The first-order valence-electron chi connectivity index (χ1n) is 9.06. The van der Waals surface area contributed by atoms with E-state index in [1.165, 1.54) is 36.7 Å². The quantitative estimate of drug-likeness (QED) is 0.425. The van der Waals surface area contributed by atoms with Crippen LogP contribution in [-0.2, 0) is 10.0 Å². The molecule has 0 aliphatic heterocycles. The smallest absolute Gasteiger partial charge is 0.346 e. The summed E-state index contributed by atoms with van der Waals surface area (Å²) in [7, 11) is -3.03. The number of carboxylic acids is 1. The van der Waals surface area contributed by atoms with E-state index in [-0.39, 0.29) is 37.1 Å². The number of halogens is 2. The SMILES string of the molecule is CN(c1cccc(F)c1)S(=O)(=O)c1ccc(Cl)c(-n2c(=O)[nH]c3csc(C(=O)O)c3c2=O)c1. The maximum atomic E-state index is 13.6. The van der Waals surface area contributed by atoms with Gasteiger partial charge in [0.05, 0.1) is 32.2 Å². The number of thiophene rings is 1. The molecular weight excluding hydrogens is 497 g/mol. The number of rotatable bonds is 5. The molecule has 2 heterocycles. The number of fused-ring (bicyclic) bond motifs is 1. The van der Waals surface area contributed by atoms with Crippen molar-refractivity contribution in [3.8, 4) is 5.69 Å². The summed E-state index contributed by atoms with van der Waals surface area (Å²) in [6.07, 6.45) is 0. The van der Waals surface area contributed by atoms with Gasteiger partial charge in [-0.3, -0.25) is 9.10 Å². The van der Waals surface area contributed by atoms with Gasteiger partial charge in [0.15, 0.2) is 0 Å². The maximum absolute atomic E-state index is 13.6. The lowest BCUT2D eigenvalue weighted by atomic mass is 10.2. The van der Waals surface area contributed by atoms with Crippen molar-refractivity contribution in [2.45, 2.75) is 4.90 Å². The molecule has 170 valence electrons. The van der Waals surface area contributed by atoms with E-state index in [1.54, 1.807) is 0 Å². The minimum Gasteiger partial charge on any atom is -0.477 e. The number of carbonyl (C=O) groups is 1. The zero-order valence-electron chi connectivity index (χ0n) is 16.6. The molecule has 0 aliphatic rings. The second kappa shape index (κ2) is 8.14. The van der Waals surface area contributed by atoms with Crippen molar-refractivity contribution in [2.75, 3.05) is 11.4 Å². The van der Waals surface area contributed by atoms with Crippen molar-refractivity contribution in [1.29, 1.82) is 0 Å². The molecule has 13 heteroatoms. The monoisotopic (exact) mass is 509 g/mol. The molecule has 0 radical (unpaired) electrons. The van der Waals surface area contributed by atoms with Gasteiger partial charge in [0.2, 0.25) is 0 Å². The summed E-state index contributed by atoms with van der Waals surface area (Å²) in [4.78, 5) is 39.0. The average molecular weight is 510 g/mol. The van der Waals surface area contributed by atoms with Gasteiger partial charge in [0.25, 0.3) is 15.6 Å². The van der Waals surface area contributed by atoms with Crippen LogP contribution in [0.3, 0.4) is 0 Å². The van der Waals surface area contributed by atoms with Crippen LogP contribution in [0, 0.1) is 5.82 Å². The fourth-order valence-electron chi connectivity index (χ4n) is 3.21. The summed E-state index contributed by atoms with van der Waals surface area (Å²) >= 11 is 6.95. The van der Waals surface area contributed by atoms with E-state index < -0.39 is 33.1 Å². The largest absolute Gasteiger partial charge is 0.477 e. The summed E-state index contributed by atoms with van der Waals surface area (Å²) in [5, 5.41) is 10.3. The number of H-pyrrole nitrogens is 1. The van der Waals surface area contributed by atoms with E-state index in [1.807, 2.05) is 0 Å². The highest BCUT2D eigenvalue weighted by Crippen LogP contribution is 2.28. The van der Waals surface area contributed by atoms with Crippen molar-refractivity contribution >= 4 is 55.5 Å². The number of nitrogens with one attached hydrogen (secondary N) is 1. The van der Waals surface area contributed by atoms with E-state index in [2.05, 4.69) is 4.98 Å². The Kier molecular flexibility index (Phi) is 5.60. The third-order valence-electron chi connectivity index (χ3n) is 4.84. The fourth-order valence-corrected chi connectivity index (χ4v) is 5.45. The minimum absolute atomic E-state index is 0.0365. The van der Waals surface area contributed by atoms with Crippen LogP contribution in [0.25, 0.3) is 16.6 Å². The van der Waals surface area contributed by atoms with E-state index >= 15 is 0 Å². The van der Waals surface area contributed by atoms with E-state index in [0.717, 1.165) is 33.8 Å². The molecule has 0 atom stereocenters. The van der Waals surface area contributed by atoms with E-state index in [4.69, 9.17) is 11.6 Å². The predicted molar refractivity (Wildman–Crippen MR) is 122 cm³/mol. The molecule has 4 aromatic rings. The number of hydrogen-bond acceptors (Lipinski definition) is 6. The van der Waals surface area contributed by atoms with Gasteiger partial charge in [0, 0.05) is 12.4 Å². The van der Waals surface area contributed by atoms with Crippen molar-refractivity contribution in [3.63, 3.8) is 0 Å².